The second kappa shape index (κ2) is 10.9. The van der Waals surface area contributed by atoms with Crippen molar-refractivity contribution in [1.29, 1.82) is 0 Å². The Kier molecular flexibility index (Phi) is 7.70. The molecular formula is C26H23ClN4O5S. The highest BCUT2D eigenvalue weighted by Crippen LogP contribution is 2.26. The van der Waals surface area contributed by atoms with Crippen molar-refractivity contribution in [2.75, 3.05) is 17.7 Å². The number of amides is 2. The van der Waals surface area contributed by atoms with E-state index in [9.17, 15) is 19.2 Å². The molecule has 0 unspecified atom stereocenters. The molecule has 2 N–H and O–H groups in total. The van der Waals surface area contributed by atoms with E-state index in [1.165, 1.54) is 37.4 Å². The number of nitrogens with one attached hydrogen (secondary N) is 2. The third-order valence-corrected chi connectivity index (χ3v) is 6.78. The Morgan fingerprint density at radius 3 is 2.43 bits per heavy atom. The van der Waals surface area contributed by atoms with E-state index in [1.54, 1.807) is 25.1 Å². The van der Waals surface area contributed by atoms with Crippen molar-refractivity contribution < 1.29 is 19.1 Å². The number of rotatable bonds is 7. The highest BCUT2D eigenvalue weighted by molar-refractivity contribution is 7.19. The molecular weight excluding hydrogens is 516 g/mol. The van der Waals surface area contributed by atoms with Crippen LogP contribution in [-0.2, 0) is 11.2 Å². The maximum Gasteiger partial charge on any atom is 0.337 e. The fourth-order valence-corrected chi connectivity index (χ4v) is 4.98. The van der Waals surface area contributed by atoms with Gasteiger partial charge in [0.1, 0.15) is 10.6 Å². The molecule has 0 aliphatic rings. The molecule has 0 aliphatic heterocycles. The molecule has 4 rings (SSSR count). The van der Waals surface area contributed by atoms with E-state index < -0.39 is 23.3 Å². The molecule has 2 aromatic heterocycles. The van der Waals surface area contributed by atoms with Gasteiger partial charge in [-0.05, 0) is 61.4 Å². The summed E-state index contributed by atoms with van der Waals surface area (Å²) in [5.41, 5.74) is 1.92. The van der Waals surface area contributed by atoms with Gasteiger partial charge in [0.25, 0.3) is 17.4 Å². The minimum atomic E-state index is -0.644. The average Bonchev–Trinajstić information content (AvgIpc) is 3.26. The zero-order valence-corrected chi connectivity index (χ0v) is 21.8. The van der Waals surface area contributed by atoms with Crippen LogP contribution in [0.4, 0.5) is 11.4 Å². The number of aryl methyl sites for hydroxylation is 2. The predicted octanol–water partition coefficient (Wildman–Crippen LogP) is 4.96. The van der Waals surface area contributed by atoms with Crippen LogP contribution in [0, 0.1) is 6.92 Å². The minimum Gasteiger partial charge on any atom is -0.465 e. The molecule has 37 heavy (non-hydrogen) atoms. The quantitative estimate of drug-likeness (QED) is 0.321. The van der Waals surface area contributed by atoms with Gasteiger partial charge in [0.05, 0.1) is 12.7 Å². The van der Waals surface area contributed by atoms with Crippen LogP contribution in [0.5, 0.6) is 0 Å². The van der Waals surface area contributed by atoms with Gasteiger partial charge in [-0.15, -0.1) is 0 Å². The lowest BCUT2D eigenvalue weighted by Crippen LogP contribution is -2.25. The zero-order chi connectivity index (χ0) is 26.7. The van der Waals surface area contributed by atoms with E-state index in [2.05, 4.69) is 20.4 Å². The van der Waals surface area contributed by atoms with Crippen LogP contribution in [0.3, 0.4) is 0 Å². The van der Waals surface area contributed by atoms with E-state index in [1.807, 2.05) is 6.92 Å². The number of hydrogen-bond acceptors (Lipinski definition) is 7. The fourth-order valence-electron chi connectivity index (χ4n) is 3.71. The number of ether oxygens (including phenoxy) is 1. The van der Waals surface area contributed by atoms with Crippen LogP contribution in [0.1, 0.15) is 55.1 Å². The van der Waals surface area contributed by atoms with Gasteiger partial charge >= 0.3 is 5.97 Å². The average molecular weight is 539 g/mol. The molecule has 0 radical (unpaired) electrons. The Morgan fingerprint density at radius 2 is 1.78 bits per heavy atom. The summed E-state index contributed by atoms with van der Waals surface area (Å²) in [7, 11) is 1.28. The molecule has 2 amide bonds. The highest BCUT2D eigenvalue weighted by atomic mass is 35.5. The number of benzene rings is 2. The first kappa shape index (κ1) is 26.1. The summed E-state index contributed by atoms with van der Waals surface area (Å²) >= 11 is 6.97. The smallest absolute Gasteiger partial charge is 0.337 e. The van der Waals surface area contributed by atoms with Crippen LogP contribution < -0.4 is 16.2 Å². The Bertz CT molecular complexity index is 1580. The van der Waals surface area contributed by atoms with Crippen molar-refractivity contribution in [3.05, 3.63) is 91.3 Å². The number of thiazole rings is 1. The van der Waals surface area contributed by atoms with Gasteiger partial charge in [0, 0.05) is 28.2 Å². The number of hydrogen-bond donors (Lipinski definition) is 2. The number of aromatic nitrogens is 2. The summed E-state index contributed by atoms with van der Waals surface area (Å²) in [5.74, 6) is -1.75. The van der Waals surface area contributed by atoms with E-state index in [4.69, 9.17) is 11.6 Å². The Hall–Kier alpha value is -4.02. The molecule has 0 bridgehead atoms. The molecule has 9 nitrogen and oxygen atoms in total. The number of carbonyl (C=O) groups is 3. The van der Waals surface area contributed by atoms with Crippen molar-refractivity contribution in [1.82, 2.24) is 9.38 Å². The third-order valence-electron chi connectivity index (χ3n) is 5.50. The summed E-state index contributed by atoms with van der Waals surface area (Å²) in [6.45, 7) is 3.75. The predicted molar refractivity (Wildman–Crippen MR) is 143 cm³/mol. The Balaban J connectivity index is 1.76. The Labute approximate surface area is 221 Å². The second-order valence-corrected chi connectivity index (χ2v) is 9.58. The lowest BCUT2D eigenvalue weighted by Gasteiger charge is -2.10. The number of fused-ring (bicyclic) bond motifs is 1. The molecule has 11 heteroatoms. The second-order valence-electron chi connectivity index (χ2n) is 8.17. The maximum atomic E-state index is 13.5. The molecule has 0 saturated carbocycles. The third kappa shape index (κ3) is 5.55. The van der Waals surface area contributed by atoms with Crippen molar-refractivity contribution in [2.45, 2.75) is 26.7 Å². The van der Waals surface area contributed by atoms with E-state index in [0.29, 0.717) is 39.6 Å². The van der Waals surface area contributed by atoms with Gasteiger partial charge in [-0.3, -0.25) is 14.4 Å². The lowest BCUT2D eigenvalue weighted by molar-refractivity contribution is 0.0600. The first-order chi connectivity index (χ1) is 17.7. The van der Waals surface area contributed by atoms with Crippen LogP contribution >= 0.6 is 22.9 Å². The number of carbonyl (C=O) groups excluding carboxylic acids is 3. The molecule has 2 heterocycles. The molecule has 0 fully saturated rings. The molecule has 0 aliphatic carbocycles. The minimum absolute atomic E-state index is 0.0133. The number of nitrogens with zero attached hydrogens (tertiary/aromatic N) is 2. The first-order valence-electron chi connectivity index (χ1n) is 11.3. The topological polar surface area (TPSA) is 119 Å². The SMILES string of the molecule is CCCc1cc(=O)n2c(C(=O)Nc3ccc(Cl)cc3C)c(C(=O)Nc3ccc(C(=O)OC)cc3)sc2n1. The van der Waals surface area contributed by atoms with E-state index in [-0.39, 0.29) is 15.5 Å². The van der Waals surface area contributed by atoms with Crippen LogP contribution in [0.25, 0.3) is 4.96 Å². The van der Waals surface area contributed by atoms with Gasteiger partial charge in [0.2, 0.25) is 0 Å². The molecule has 0 atom stereocenters. The normalized spacial score (nSPS) is 10.8. The van der Waals surface area contributed by atoms with E-state index >= 15 is 0 Å². The monoisotopic (exact) mass is 538 g/mol. The summed E-state index contributed by atoms with van der Waals surface area (Å²) in [6, 6.07) is 12.4. The van der Waals surface area contributed by atoms with Gasteiger partial charge in [-0.1, -0.05) is 36.3 Å². The molecule has 0 saturated heterocycles. The standard InChI is InChI=1S/C26H23ClN4O5S/c1-4-5-18-13-20(32)31-21(23(33)30-19-11-8-16(27)12-14(19)2)22(37-26(31)29-18)24(34)28-17-9-6-15(7-10-17)25(35)36-3/h6-13H,4-5H2,1-3H3,(H,28,34)(H,30,33). The summed E-state index contributed by atoms with van der Waals surface area (Å²) in [5, 5.41) is 6.01. The van der Waals surface area contributed by atoms with Crippen molar-refractivity contribution >= 4 is 57.1 Å². The lowest BCUT2D eigenvalue weighted by atomic mass is 10.2. The number of esters is 1. The summed E-state index contributed by atoms with van der Waals surface area (Å²) in [6.07, 6.45) is 1.37. The molecule has 190 valence electrons. The van der Waals surface area contributed by atoms with Crippen LogP contribution in [-0.4, -0.2) is 34.3 Å². The Morgan fingerprint density at radius 1 is 1.05 bits per heavy atom. The zero-order valence-electron chi connectivity index (χ0n) is 20.3. The van der Waals surface area contributed by atoms with Crippen molar-refractivity contribution in [3.8, 4) is 0 Å². The van der Waals surface area contributed by atoms with Gasteiger partial charge in [0.15, 0.2) is 4.96 Å². The molecule has 4 aromatic rings. The maximum absolute atomic E-state index is 13.5. The van der Waals surface area contributed by atoms with E-state index in [0.717, 1.165) is 22.2 Å². The van der Waals surface area contributed by atoms with Gasteiger partial charge in [-0.2, -0.15) is 0 Å². The van der Waals surface area contributed by atoms with Gasteiger partial charge < -0.3 is 15.4 Å². The van der Waals surface area contributed by atoms with Crippen molar-refractivity contribution in [3.63, 3.8) is 0 Å². The number of anilines is 2. The van der Waals surface area contributed by atoms with Crippen molar-refractivity contribution in [2.24, 2.45) is 0 Å². The fraction of sp³-hybridized carbons (Fsp3) is 0.192. The summed E-state index contributed by atoms with van der Waals surface area (Å²) in [4.78, 5) is 56.3. The molecule has 0 spiro atoms. The van der Waals surface area contributed by atoms with Crippen LogP contribution in [0.2, 0.25) is 5.02 Å². The highest BCUT2D eigenvalue weighted by Gasteiger charge is 2.27. The first-order valence-corrected chi connectivity index (χ1v) is 12.5. The largest absolute Gasteiger partial charge is 0.465 e. The van der Waals surface area contributed by atoms with Crippen LogP contribution in [0.15, 0.2) is 53.3 Å². The number of methoxy groups -OCH3 is 1. The number of halogens is 1. The summed E-state index contributed by atoms with van der Waals surface area (Å²) < 4.78 is 5.84. The molecule has 2 aromatic carbocycles. The van der Waals surface area contributed by atoms with Gasteiger partial charge in [-0.25, -0.2) is 14.2 Å².